The van der Waals surface area contributed by atoms with Crippen LogP contribution in [0.5, 0.6) is 11.5 Å². The van der Waals surface area contributed by atoms with Gasteiger partial charge in [0.25, 0.3) is 0 Å². The summed E-state index contributed by atoms with van der Waals surface area (Å²) in [6.07, 6.45) is -8.37. The van der Waals surface area contributed by atoms with E-state index in [1.54, 1.807) is 135 Å². The maximum atomic E-state index is 13.7. The van der Waals surface area contributed by atoms with Crippen molar-refractivity contribution in [1.82, 2.24) is 9.80 Å². The van der Waals surface area contributed by atoms with Gasteiger partial charge in [-0.3, -0.25) is 29.0 Å². The molecule has 16 nitrogen and oxygen atoms in total. The van der Waals surface area contributed by atoms with Crippen molar-refractivity contribution < 1.29 is 83.9 Å². The maximum absolute atomic E-state index is 13.7. The van der Waals surface area contributed by atoms with Crippen LogP contribution in [-0.2, 0) is 88.6 Å². The average molecular weight is 1310 g/mol. The van der Waals surface area contributed by atoms with E-state index in [0.717, 1.165) is 23.3 Å². The quantitative estimate of drug-likeness (QED) is 0.0431. The minimum atomic E-state index is -4.46. The van der Waals surface area contributed by atoms with E-state index < -0.39 is 70.0 Å². The summed E-state index contributed by atoms with van der Waals surface area (Å²) in [5, 5.41) is 9.63. The first-order chi connectivity index (χ1) is 41.8. The number of nitrogens with zero attached hydrogens (tertiary/aromatic N) is 4. The number of alkyl halides is 7. The van der Waals surface area contributed by atoms with Gasteiger partial charge in [0.2, 0.25) is 11.8 Å². The van der Waals surface area contributed by atoms with Crippen molar-refractivity contribution in [3.8, 4) is 11.5 Å². The Kier molecular flexibility index (Phi) is 26.7. The van der Waals surface area contributed by atoms with E-state index in [4.69, 9.17) is 35.3 Å². The molecule has 2 aliphatic heterocycles. The Morgan fingerprint density at radius 2 is 0.912 bits per heavy atom. The lowest BCUT2D eigenvalue weighted by Crippen LogP contribution is -2.45. The highest BCUT2D eigenvalue weighted by molar-refractivity contribution is 6.17. The van der Waals surface area contributed by atoms with Crippen LogP contribution in [0.4, 0.5) is 47.3 Å². The van der Waals surface area contributed by atoms with Crippen LogP contribution in [0.3, 0.4) is 0 Å². The van der Waals surface area contributed by atoms with E-state index in [1.165, 1.54) is 28.0 Å². The zero-order chi connectivity index (χ0) is 68.8. The molecule has 0 saturated heterocycles. The van der Waals surface area contributed by atoms with Crippen LogP contribution in [0.25, 0.3) is 0 Å². The number of phenols is 1. The highest BCUT2D eigenvalue weighted by Gasteiger charge is 2.37. The third kappa shape index (κ3) is 26.1. The minimum absolute atomic E-state index is 0.00580. The second kappa shape index (κ2) is 31.9. The molecule has 4 aromatic rings. The van der Waals surface area contributed by atoms with Crippen molar-refractivity contribution in [2.45, 2.75) is 197 Å². The van der Waals surface area contributed by atoms with E-state index in [0.29, 0.717) is 72.6 Å². The number of carbonyl (C=O) groups is 6. The summed E-state index contributed by atoms with van der Waals surface area (Å²) in [6.45, 7) is 28.7. The number of carbonyl (C=O) groups excluding carboxylic acids is 6. The van der Waals surface area contributed by atoms with Crippen molar-refractivity contribution in [3.05, 3.63) is 117 Å². The van der Waals surface area contributed by atoms with Crippen LogP contribution in [-0.4, -0.2) is 113 Å². The number of aromatic hydroxyl groups is 1. The molecular weight excluding hydrogens is 1210 g/mol. The molecule has 91 heavy (non-hydrogen) atoms. The van der Waals surface area contributed by atoms with E-state index in [-0.39, 0.29) is 86.5 Å². The highest BCUT2D eigenvalue weighted by Crippen LogP contribution is 2.37. The summed E-state index contributed by atoms with van der Waals surface area (Å²) in [4.78, 5) is 81.9. The number of fused-ring (bicyclic) bond motifs is 2. The summed E-state index contributed by atoms with van der Waals surface area (Å²) in [6, 6.07) is 18.6. The second-order valence-corrected chi connectivity index (χ2v) is 27.5. The van der Waals surface area contributed by atoms with Crippen molar-refractivity contribution in [2.75, 3.05) is 49.1 Å². The number of phenolic OH excluding ortho intramolecular Hbond substituents is 1. The second-order valence-electron chi connectivity index (χ2n) is 27.3. The van der Waals surface area contributed by atoms with E-state index in [2.05, 4.69) is 0 Å². The summed E-state index contributed by atoms with van der Waals surface area (Å²) in [5.74, 6) is -0.578. The van der Waals surface area contributed by atoms with Gasteiger partial charge in [0.05, 0.1) is 24.0 Å². The fourth-order valence-electron chi connectivity index (χ4n) is 9.58. The fourth-order valence-corrected chi connectivity index (χ4v) is 9.75. The van der Waals surface area contributed by atoms with Gasteiger partial charge in [0.1, 0.15) is 53.6 Å². The minimum Gasteiger partial charge on any atom is -0.508 e. The molecule has 2 aliphatic rings. The van der Waals surface area contributed by atoms with Gasteiger partial charge in [0, 0.05) is 43.4 Å². The van der Waals surface area contributed by atoms with Crippen molar-refractivity contribution in [2.24, 2.45) is 11.8 Å². The zero-order valence-corrected chi connectivity index (χ0v) is 56.1. The Labute approximate surface area is 536 Å². The number of anilines is 2. The molecule has 0 bridgehead atoms. The Morgan fingerprint density at radius 1 is 0.527 bits per heavy atom. The van der Waals surface area contributed by atoms with E-state index >= 15 is 0 Å². The van der Waals surface area contributed by atoms with Gasteiger partial charge in [-0.2, -0.15) is 26.3 Å². The molecule has 504 valence electrons. The molecule has 4 amide bonds. The van der Waals surface area contributed by atoms with Gasteiger partial charge in [-0.05, 0) is 203 Å². The fraction of sp³-hybridized carbons (Fsp3) is 0.559. The summed E-state index contributed by atoms with van der Waals surface area (Å²) < 4.78 is 107. The molecule has 4 aromatic carbocycles. The third-order valence-electron chi connectivity index (χ3n) is 13.3. The predicted octanol–water partition coefficient (Wildman–Crippen LogP) is 15.2. The molecule has 0 unspecified atom stereocenters. The zero-order valence-electron chi connectivity index (χ0n) is 55.4. The first-order valence-electron chi connectivity index (χ1n) is 30.3. The van der Waals surface area contributed by atoms with E-state index in [1.807, 2.05) is 27.7 Å². The summed E-state index contributed by atoms with van der Waals surface area (Å²) >= 11 is 5.54. The number of hydrogen-bond acceptors (Lipinski definition) is 12. The Hall–Kier alpha value is -7.23. The van der Waals surface area contributed by atoms with Gasteiger partial charge in [0.15, 0.2) is 0 Å². The standard InChI is InChI=1S/C34H45F3N2O6.C22H32N2O6.C12H14ClF3/c1-22(2)17-24-10-9-23(18-27(24)34(35,36)37)21-43-26-11-12-28-25(19-26)13-16-39(28)29(40)20-38(31(42)45-33(6,7)8)15-14-30(41)44-32(3,4)5;1-21(2,3)29-19(27)10-11-23(20(28)30-22(4,5)6)14-18(26)24-12-9-15-13-16(25)7-8-17(15)24;1-8(2)5-10-4-3-9(7-13)6-11(10)12(14,15)16/h9-12,18-19,22H,13-17,20-21H2,1-8H3;7-8,13,25H,9-12,14H2,1-6H3;3-4,6,8H,5,7H2,1-2H3. The van der Waals surface area contributed by atoms with Gasteiger partial charge in [-0.1, -0.05) is 52.0 Å². The van der Waals surface area contributed by atoms with Crippen molar-refractivity contribution in [1.29, 1.82) is 0 Å². The molecule has 6 rings (SSSR count). The molecule has 0 aliphatic carbocycles. The van der Waals surface area contributed by atoms with Crippen LogP contribution in [0, 0.1) is 11.8 Å². The number of hydrogen-bond donors (Lipinski definition) is 1. The lowest BCUT2D eigenvalue weighted by Gasteiger charge is -2.29. The van der Waals surface area contributed by atoms with E-state index in [9.17, 15) is 60.2 Å². The van der Waals surface area contributed by atoms with Crippen molar-refractivity contribution >= 4 is 58.9 Å². The molecule has 0 aromatic heterocycles. The molecule has 2 heterocycles. The summed E-state index contributed by atoms with van der Waals surface area (Å²) in [7, 11) is 0. The summed E-state index contributed by atoms with van der Waals surface area (Å²) in [5.41, 5.74) is 0.540. The number of amides is 4. The average Bonchev–Trinajstić information content (AvgIpc) is 1.80. The lowest BCUT2D eigenvalue weighted by atomic mass is 9.96. The normalized spacial score (nSPS) is 13.3. The number of esters is 2. The number of halogens is 7. The van der Waals surface area contributed by atoms with Crippen LogP contribution < -0.4 is 14.5 Å². The number of rotatable bonds is 18. The third-order valence-corrected chi connectivity index (χ3v) is 13.6. The molecule has 1 N–H and O–H groups in total. The Morgan fingerprint density at radius 3 is 1.30 bits per heavy atom. The van der Waals surface area contributed by atoms with Crippen LogP contribution in [0.15, 0.2) is 72.8 Å². The van der Waals surface area contributed by atoms with Gasteiger partial charge in [-0.25, -0.2) is 9.59 Å². The van der Waals surface area contributed by atoms with Gasteiger partial charge < -0.3 is 38.6 Å². The highest BCUT2D eigenvalue weighted by atomic mass is 35.5. The molecule has 0 fully saturated rings. The molecule has 0 saturated carbocycles. The van der Waals surface area contributed by atoms with Crippen LogP contribution >= 0.6 is 11.6 Å². The monoisotopic (exact) mass is 1300 g/mol. The largest absolute Gasteiger partial charge is 0.508 e. The topological polar surface area (TPSA) is 182 Å². The molecular formula is C68H91ClF6N4O12. The first-order valence-corrected chi connectivity index (χ1v) is 30.9. The molecule has 0 atom stereocenters. The van der Waals surface area contributed by atoms with Crippen LogP contribution in [0.2, 0.25) is 0 Å². The molecule has 23 heteroatoms. The Balaban J connectivity index is 0.000000328. The number of ether oxygens (including phenoxy) is 5. The van der Waals surface area contributed by atoms with Gasteiger partial charge >= 0.3 is 36.5 Å². The predicted molar refractivity (Wildman–Crippen MR) is 337 cm³/mol. The van der Waals surface area contributed by atoms with Crippen molar-refractivity contribution in [3.63, 3.8) is 0 Å². The molecule has 0 spiro atoms. The lowest BCUT2D eigenvalue weighted by molar-refractivity contribution is -0.156. The van der Waals surface area contributed by atoms with Gasteiger partial charge in [-0.15, -0.1) is 11.6 Å². The van der Waals surface area contributed by atoms with Crippen LogP contribution in [0.1, 0.15) is 168 Å². The number of benzene rings is 4. The molecule has 0 radical (unpaired) electrons. The Bertz CT molecular complexity index is 3160. The first kappa shape index (κ1) is 76.2. The maximum Gasteiger partial charge on any atom is 0.416 e. The smallest absolute Gasteiger partial charge is 0.416 e. The SMILES string of the molecule is CC(C)(C)OC(=O)CCN(CC(=O)N1CCc2cc(O)ccc21)C(=O)OC(C)(C)C.CC(C)Cc1ccc(CCl)cc1C(F)(F)F.CC(C)Cc1ccc(COc2ccc3c(c2)CCN3C(=O)CN(CCC(=O)OC(C)(C)C)C(=O)OC(C)(C)C)cc1C(F)(F)F.